The Morgan fingerprint density at radius 2 is 2.26 bits per heavy atom. The molecule has 6 heteroatoms. The van der Waals surface area contributed by atoms with Gasteiger partial charge in [-0.2, -0.15) is 11.3 Å². The molecule has 0 saturated carbocycles. The van der Waals surface area contributed by atoms with E-state index in [2.05, 4.69) is 22.5 Å². The Kier molecular flexibility index (Phi) is 4.93. The molecule has 2 N–H and O–H groups in total. The number of thiophene rings is 1. The minimum absolute atomic E-state index is 0.133. The number of amides is 2. The summed E-state index contributed by atoms with van der Waals surface area (Å²) in [7, 11) is 0. The lowest BCUT2D eigenvalue weighted by Gasteiger charge is -2.10. The number of rotatable bonds is 5. The largest absolute Gasteiger partial charge is 0.337 e. The number of nitrogens with zero attached hydrogens (tertiary/aromatic N) is 1. The molecule has 0 bridgehead atoms. The van der Waals surface area contributed by atoms with Gasteiger partial charge in [-0.1, -0.05) is 6.92 Å². The van der Waals surface area contributed by atoms with Crippen LogP contribution in [0.2, 0.25) is 0 Å². The molecule has 0 aliphatic rings. The number of hydrogen-bond donors (Lipinski definition) is 2. The zero-order valence-electron chi connectivity index (χ0n) is 11.0. The number of thiazole rings is 1. The zero-order chi connectivity index (χ0) is 13.7. The Balaban J connectivity index is 1.71. The molecule has 2 heterocycles. The third-order valence-corrected chi connectivity index (χ3v) is 4.59. The summed E-state index contributed by atoms with van der Waals surface area (Å²) in [5, 5.41) is 12.8. The van der Waals surface area contributed by atoms with Gasteiger partial charge < -0.3 is 10.6 Å². The fraction of sp³-hybridized carbons (Fsp3) is 0.385. The number of carbonyl (C=O) groups is 1. The molecule has 4 nitrogen and oxygen atoms in total. The monoisotopic (exact) mass is 295 g/mol. The van der Waals surface area contributed by atoms with Crippen molar-refractivity contribution in [3.8, 4) is 0 Å². The van der Waals surface area contributed by atoms with E-state index < -0.39 is 0 Å². The Bertz CT molecular complexity index is 522. The zero-order valence-corrected chi connectivity index (χ0v) is 12.6. The minimum atomic E-state index is -0.133. The molecule has 2 aromatic heterocycles. The fourth-order valence-corrected chi connectivity index (χ4v) is 3.09. The lowest BCUT2D eigenvalue weighted by atomic mass is 10.2. The molecule has 0 aliphatic carbocycles. The standard InChI is InChI=1S/C13H17N3OS2/c1-9(12-16-10(2)7-19-12)5-14-13(17)15-6-11-3-4-18-8-11/h3-4,7-9H,5-6H2,1-2H3,(H2,14,15,17). The maximum absolute atomic E-state index is 11.6. The Hall–Kier alpha value is -1.40. The second-order valence-electron chi connectivity index (χ2n) is 4.42. The fourth-order valence-electron chi connectivity index (χ4n) is 1.57. The van der Waals surface area contributed by atoms with Crippen LogP contribution in [0.15, 0.2) is 22.2 Å². The third kappa shape index (κ3) is 4.33. The van der Waals surface area contributed by atoms with E-state index in [9.17, 15) is 4.79 Å². The molecule has 1 atom stereocenters. The average Bonchev–Trinajstić information content (AvgIpc) is 3.04. The van der Waals surface area contributed by atoms with Crippen molar-refractivity contribution >= 4 is 28.7 Å². The number of hydrogen-bond acceptors (Lipinski definition) is 4. The van der Waals surface area contributed by atoms with Gasteiger partial charge in [0.1, 0.15) is 0 Å². The SMILES string of the molecule is Cc1csc(C(C)CNC(=O)NCc2ccsc2)n1. The van der Waals surface area contributed by atoms with Gasteiger partial charge in [0.25, 0.3) is 0 Å². The molecule has 2 aromatic rings. The van der Waals surface area contributed by atoms with E-state index >= 15 is 0 Å². The van der Waals surface area contributed by atoms with Crippen molar-refractivity contribution in [1.82, 2.24) is 15.6 Å². The molecule has 102 valence electrons. The molecule has 0 aliphatic heterocycles. The maximum atomic E-state index is 11.6. The van der Waals surface area contributed by atoms with E-state index in [0.717, 1.165) is 16.3 Å². The summed E-state index contributed by atoms with van der Waals surface area (Å²) in [4.78, 5) is 16.1. The molecule has 0 spiro atoms. The summed E-state index contributed by atoms with van der Waals surface area (Å²) in [6.45, 7) is 5.22. The van der Waals surface area contributed by atoms with Gasteiger partial charge in [0, 0.05) is 30.1 Å². The Labute approximate surface area is 120 Å². The van der Waals surface area contributed by atoms with Crippen LogP contribution in [0.3, 0.4) is 0 Å². The van der Waals surface area contributed by atoms with Crippen LogP contribution >= 0.6 is 22.7 Å². The minimum Gasteiger partial charge on any atom is -0.337 e. The molecule has 0 aromatic carbocycles. The van der Waals surface area contributed by atoms with Crippen LogP contribution in [-0.2, 0) is 6.54 Å². The summed E-state index contributed by atoms with van der Waals surface area (Å²) in [5.74, 6) is 0.241. The molecular formula is C13H17N3OS2. The van der Waals surface area contributed by atoms with Gasteiger partial charge in [0.2, 0.25) is 0 Å². The normalized spacial score (nSPS) is 12.1. The molecule has 0 fully saturated rings. The highest BCUT2D eigenvalue weighted by Gasteiger charge is 2.10. The van der Waals surface area contributed by atoms with Gasteiger partial charge in [-0.3, -0.25) is 0 Å². The van der Waals surface area contributed by atoms with Crippen molar-refractivity contribution in [3.63, 3.8) is 0 Å². The first-order valence-corrected chi connectivity index (χ1v) is 7.92. The van der Waals surface area contributed by atoms with Crippen molar-refractivity contribution in [2.45, 2.75) is 26.3 Å². The highest BCUT2D eigenvalue weighted by atomic mass is 32.1. The first kappa shape index (κ1) is 14.0. The van der Waals surface area contributed by atoms with Crippen LogP contribution in [0.25, 0.3) is 0 Å². The topological polar surface area (TPSA) is 54.0 Å². The van der Waals surface area contributed by atoms with E-state index in [4.69, 9.17) is 0 Å². The Morgan fingerprint density at radius 3 is 2.89 bits per heavy atom. The van der Waals surface area contributed by atoms with E-state index in [1.54, 1.807) is 22.7 Å². The van der Waals surface area contributed by atoms with Gasteiger partial charge in [0.05, 0.1) is 5.01 Å². The summed E-state index contributed by atoms with van der Waals surface area (Å²) >= 11 is 3.27. The predicted molar refractivity (Wildman–Crippen MR) is 79.8 cm³/mol. The molecule has 2 amide bonds. The van der Waals surface area contributed by atoms with Crippen LogP contribution in [0.5, 0.6) is 0 Å². The lowest BCUT2D eigenvalue weighted by molar-refractivity contribution is 0.240. The van der Waals surface area contributed by atoms with Crippen LogP contribution in [0.4, 0.5) is 4.79 Å². The highest BCUT2D eigenvalue weighted by Crippen LogP contribution is 2.18. The Morgan fingerprint density at radius 1 is 1.42 bits per heavy atom. The van der Waals surface area contributed by atoms with Gasteiger partial charge in [-0.05, 0) is 29.3 Å². The second-order valence-corrected chi connectivity index (χ2v) is 6.09. The molecule has 0 radical (unpaired) electrons. The average molecular weight is 295 g/mol. The van der Waals surface area contributed by atoms with Gasteiger partial charge in [-0.25, -0.2) is 9.78 Å². The maximum Gasteiger partial charge on any atom is 0.315 e. The molecule has 19 heavy (non-hydrogen) atoms. The number of carbonyl (C=O) groups excluding carboxylic acids is 1. The first-order valence-electron chi connectivity index (χ1n) is 6.10. The van der Waals surface area contributed by atoms with Gasteiger partial charge >= 0.3 is 6.03 Å². The number of nitrogens with one attached hydrogen (secondary N) is 2. The lowest BCUT2D eigenvalue weighted by Crippen LogP contribution is -2.36. The van der Waals surface area contributed by atoms with Crippen LogP contribution < -0.4 is 10.6 Å². The van der Waals surface area contributed by atoms with E-state index in [1.807, 2.05) is 29.1 Å². The molecule has 1 unspecified atom stereocenters. The van der Waals surface area contributed by atoms with Gasteiger partial charge in [-0.15, -0.1) is 11.3 Å². The van der Waals surface area contributed by atoms with Crippen LogP contribution in [0.1, 0.15) is 29.1 Å². The second kappa shape index (κ2) is 6.68. The summed E-state index contributed by atoms with van der Waals surface area (Å²) in [6, 6.07) is 1.87. The van der Waals surface area contributed by atoms with Crippen molar-refractivity contribution in [2.75, 3.05) is 6.54 Å². The molecule has 0 saturated heterocycles. The molecular weight excluding hydrogens is 278 g/mol. The van der Waals surface area contributed by atoms with Crippen LogP contribution in [0, 0.1) is 6.92 Å². The summed E-state index contributed by atoms with van der Waals surface area (Å²) in [5.41, 5.74) is 2.16. The highest BCUT2D eigenvalue weighted by molar-refractivity contribution is 7.09. The summed E-state index contributed by atoms with van der Waals surface area (Å²) in [6.07, 6.45) is 0. The predicted octanol–water partition coefficient (Wildman–Crippen LogP) is 3.12. The van der Waals surface area contributed by atoms with Gasteiger partial charge in [0.15, 0.2) is 0 Å². The van der Waals surface area contributed by atoms with E-state index in [0.29, 0.717) is 13.1 Å². The van der Waals surface area contributed by atoms with Crippen molar-refractivity contribution in [1.29, 1.82) is 0 Å². The number of aryl methyl sites for hydroxylation is 1. The van der Waals surface area contributed by atoms with Crippen molar-refractivity contribution in [2.24, 2.45) is 0 Å². The smallest absolute Gasteiger partial charge is 0.315 e. The quantitative estimate of drug-likeness (QED) is 0.890. The number of aromatic nitrogens is 1. The van der Waals surface area contributed by atoms with Crippen molar-refractivity contribution in [3.05, 3.63) is 38.5 Å². The molecule has 2 rings (SSSR count). The summed E-state index contributed by atoms with van der Waals surface area (Å²) < 4.78 is 0. The number of urea groups is 1. The van der Waals surface area contributed by atoms with Crippen LogP contribution in [-0.4, -0.2) is 17.6 Å². The van der Waals surface area contributed by atoms with E-state index in [-0.39, 0.29) is 11.9 Å². The van der Waals surface area contributed by atoms with E-state index in [1.165, 1.54) is 0 Å². The third-order valence-electron chi connectivity index (χ3n) is 2.66. The van der Waals surface area contributed by atoms with Crippen molar-refractivity contribution < 1.29 is 4.79 Å². The first-order chi connectivity index (χ1) is 9.15.